The molecule has 5 nitrogen and oxygen atoms in total. The number of aliphatic carboxylic acids is 1. The fourth-order valence-corrected chi connectivity index (χ4v) is 2.11. The van der Waals surface area contributed by atoms with E-state index in [0.717, 1.165) is 5.56 Å². The first-order chi connectivity index (χ1) is 10.1. The monoisotopic (exact) mass is 311 g/mol. The zero-order valence-corrected chi connectivity index (χ0v) is 13.1. The number of ether oxygens (including phenoxy) is 2. The number of carboxylic acids is 1. The number of nitrogens with one attached hydrogen (secondary N) is 1. The van der Waals surface area contributed by atoms with E-state index >= 15 is 0 Å². The summed E-state index contributed by atoms with van der Waals surface area (Å²) in [5.74, 6) is -1.06. The van der Waals surface area contributed by atoms with Gasteiger partial charge in [0, 0.05) is 19.6 Å². The van der Waals surface area contributed by atoms with Gasteiger partial charge in [-0.1, -0.05) is 42.5 Å². The molecule has 21 heavy (non-hydrogen) atoms. The summed E-state index contributed by atoms with van der Waals surface area (Å²) < 4.78 is 10.7. The van der Waals surface area contributed by atoms with Gasteiger partial charge in [-0.3, -0.25) is 0 Å². The summed E-state index contributed by atoms with van der Waals surface area (Å²) >= 11 is 5.23. The second-order valence-corrected chi connectivity index (χ2v) is 4.82. The second-order valence-electron chi connectivity index (χ2n) is 4.32. The first-order valence-electron chi connectivity index (χ1n) is 6.87. The van der Waals surface area contributed by atoms with Gasteiger partial charge in [-0.05, 0) is 19.4 Å². The Balaban J connectivity index is 2.68. The van der Waals surface area contributed by atoms with Gasteiger partial charge in [-0.25, -0.2) is 4.79 Å². The summed E-state index contributed by atoms with van der Waals surface area (Å²) in [6.07, 6.45) is -0.392. The van der Waals surface area contributed by atoms with E-state index in [9.17, 15) is 9.90 Å². The number of carboxylic acid groups (broad SMARTS) is 1. The maximum absolute atomic E-state index is 11.4. The molecule has 1 atom stereocenters. The van der Waals surface area contributed by atoms with Crippen molar-refractivity contribution in [2.75, 3.05) is 13.2 Å². The van der Waals surface area contributed by atoms with E-state index in [1.807, 2.05) is 30.3 Å². The van der Waals surface area contributed by atoms with Crippen LogP contribution in [0.1, 0.15) is 19.4 Å². The van der Waals surface area contributed by atoms with Crippen molar-refractivity contribution >= 4 is 23.2 Å². The molecule has 0 saturated carbocycles. The highest BCUT2D eigenvalue weighted by Crippen LogP contribution is 2.06. The maximum Gasteiger partial charge on any atom is 0.331 e. The van der Waals surface area contributed by atoms with Gasteiger partial charge >= 0.3 is 5.97 Å². The van der Waals surface area contributed by atoms with Gasteiger partial charge in [0.1, 0.15) is 0 Å². The molecule has 0 aliphatic rings. The molecule has 1 unspecified atom stereocenters. The third-order valence-corrected chi connectivity index (χ3v) is 2.99. The smallest absolute Gasteiger partial charge is 0.331 e. The quantitative estimate of drug-likeness (QED) is 0.537. The first kappa shape index (κ1) is 17.6. The van der Waals surface area contributed by atoms with Gasteiger partial charge in [-0.15, -0.1) is 0 Å². The van der Waals surface area contributed by atoms with Gasteiger partial charge in [0.15, 0.2) is 12.3 Å². The van der Waals surface area contributed by atoms with Gasteiger partial charge in [-0.2, -0.15) is 0 Å². The lowest BCUT2D eigenvalue weighted by Gasteiger charge is -2.25. The Morgan fingerprint density at radius 2 is 1.81 bits per heavy atom. The van der Waals surface area contributed by atoms with E-state index in [-0.39, 0.29) is 0 Å². The average molecular weight is 311 g/mol. The number of benzene rings is 1. The van der Waals surface area contributed by atoms with Crippen molar-refractivity contribution in [2.24, 2.45) is 0 Å². The highest BCUT2D eigenvalue weighted by atomic mass is 32.1. The van der Waals surface area contributed by atoms with Crippen LogP contribution in [0.5, 0.6) is 0 Å². The molecular formula is C15H21NO4S. The van der Waals surface area contributed by atoms with Crippen LogP contribution in [0.2, 0.25) is 0 Å². The average Bonchev–Trinajstić information content (AvgIpc) is 2.45. The molecule has 0 aliphatic heterocycles. The highest BCUT2D eigenvalue weighted by molar-refractivity contribution is 7.80. The summed E-state index contributed by atoms with van der Waals surface area (Å²) in [6.45, 7) is 4.30. The fraction of sp³-hybridized carbons (Fsp3) is 0.467. The van der Waals surface area contributed by atoms with Crippen molar-refractivity contribution in [1.29, 1.82) is 0 Å². The molecule has 0 aliphatic carbocycles. The third-order valence-electron chi connectivity index (χ3n) is 2.72. The number of thiocarbonyl (C=S) groups is 1. The molecule has 0 spiro atoms. The standard InChI is InChI=1S/C15H21NO4S/c1-3-19-15(20-4-2)13(14(17)18)16-12(21)10-11-8-6-5-7-9-11/h5-9,13,15H,3-4,10H2,1-2H3,(H,16,21)(H,17,18). The lowest BCUT2D eigenvalue weighted by Crippen LogP contribution is -2.50. The van der Waals surface area contributed by atoms with Gasteiger partial charge < -0.3 is 19.9 Å². The molecule has 1 rings (SSSR count). The number of hydrogen-bond donors (Lipinski definition) is 2. The molecule has 116 valence electrons. The number of hydrogen-bond acceptors (Lipinski definition) is 4. The van der Waals surface area contributed by atoms with Crippen molar-refractivity contribution in [2.45, 2.75) is 32.6 Å². The first-order valence-corrected chi connectivity index (χ1v) is 7.28. The van der Waals surface area contributed by atoms with Crippen LogP contribution >= 0.6 is 12.2 Å². The van der Waals surface area contributed by atoms with Crippen LogP contribution in [0.3, 0.4) is 0 Å². The van der Waals surface area contributed by atoms with Crippen molar-refractivity contribution < 1.29 is 19.4 Å². The van der Waals surface area contributed by atoms with Crippen LogP contribution in [0.15, 0.2) is 30.3 Å². The maximum atomic E-state index is 11.4. The molecular weight excluding hydrogens is 290 g/mol. The summed E-state index contributed by atoms with van der Waals surface area (Å²) in [5, 5.41) is 12.1. The van der Waals surface area contributed by atoms with Crippen LogP contribution in [0, 0.1) is 0 Å². The summed E-state index contributed by atoms with van der Waals surface area (Å²) in [5.41, 5.74) is 1.02. The summed E-state index contributed by atoms with van der Waals surface area (Å²) in [6, 6.07) is 8.59. The van der Waals surface area contributed by atoms with Crippen LogP contribution in [0.25, 0.3) is 0 Å². The second kappa shape index (κ2) is 9.44. The zero-order chi connectivity index (χ0) is 15.7. The molecule has 1 aromatic rings. The Labute approximate surface area is 130 Å². The molecule has 0 aromatic heterocycles. The van der Waals surface area contributed by atoms with Crippen molar-refractivity contribution in [1.82, 2.24) is 5.32 Å². The minimum Gasteiger partial charge on any atom is -0.480 e. The van der Waals surface area contributed by atoms with E-state index in [0.29, 0.717) is 24.6 Å². The molecule has 0 heterocycles. The Hall–Kier alpha value is -1.50. The molecule has 6 heteroatoms. The van der Waals surface area contributed by atoms with E-state index in [2.05, 4.69) is 5.32 Å². The predicted molar refractivity (Wildman–Crippen MR) is 84.3 cm³/mol. The molecule has 0 fully saturated rings. The highest BCUT2D eigenvalue weighted by Gasteiger charge is 2.30. The SMILES string of the molecule is CCOC(OCC)C(NC(=S)Cc1ccccc1)C(=O)O. The molecule has 1 aromatic carbocycles. The van der Waals surface area contributed by atoms with Gasteiger partial charge in [0.05, 0.1) is 4.99 Å². The van der Waals surface area contributed by atoms with Crippen molar-refractivity contribution in [3.8, 4) is 0 Å². The lowest BCUT2D eigenvalue weighted by atomic mass is 10.1. The van der Waals surface area contributed by atoms with Crippen LogP contribution in [0.4, 0.5) is 0 Å². The summed E-state index contributed by atoms with van der Waals surface area (Å²) in [4.78, 5) is 11.8. The van der Waals surface area contributed by atoms with Crippen molar-refractivity contribution in [3.63, 3.8) is 0 Å². The molecule has 0 bridgehead atoms. The zero-order valence-electron chi connectivity index (χ0n) is 12.2. The van der Waals surface area contributed by atoms with Gasteiger partial charge in [0.2, 0.25) is 0 Å². The fourth-order valence-electron chi connectivity index (χ4n) is 1.82. The third kappa shape index (κ3) is 6.20. The van der Waals surface area contributed by atoms with E-state index in [1.165, 1.54) is 0 Å². The minimum absolute atomic E-state index is 0.363. The number of carbonyl (C=O) groups is 1. The van der Waals surface area contributed by atoms with Gasteiger partial charge in [0.25, 0.3) is 0 Å². The van der Waals surface area contributed by atoms with E-state index < -0.39 is 18.3 Å². The molecule has 2 N–H and O–H groups in total. The summed E-state index contributed by atoms with van der Waals surface area (Å²) in [7, 11) is 0. The Kier molecular flexibility index (Phi) is 7.89. The normalized spacial score (nSPS) is 12.1. The molecule has 0 amide bonds. The largest absolute Gasteiger partial charge is 0.480 e. The van der Waals surface area contributed by atoms with E-state index in [1.54, 1.807) is 13.8 Å². The Morgan fingerprint density at radius 1 is 1.24 bits per heavy atom. The lowest BCUT2D eigenvalue weighted by molar-refractivity contribution is -0.173. The Bertz CT molecular complexity index is 446. The molecule has 0 saturated heterocycles. The van der Waals surface area contributed by atoms with Crippen molar-refractivity contribution in [3.05, 3.63) is 35.9 Å². The Morgan fingerprint density at radius 3 is 2.29 bits per heavy atom. The number of rotatable bonds is 9. The van der Waals surface area contributed by atoms with Crippen LogP contribution < -0.4 is 5.32 Å². The topological polar surface area (TPSA) is 67.8 Å². The molecule has 0 radical (unpaired) electrons. The minimum atomic E-state index is -1.06. The van der Waals surface area contributed by atoms with Crippen LogP contribution in [-0.4, -0.2) is 41.6 Å². The van der Waals surface area contributed by atoms with E-state index in [4.69, 9.17) is 21.7 Å². The van der Waals surface area contributed by atoms with Crippen LogP contribution in [-0.2, 0) is 20.7 Å². The predicted octanol–water partition coefficient (Wildman–Crippen LogP) is 2.00.